The lowest BCUT2D eigenvalue weighted by molar-refractivity contribution is -0.131. The summed E-state index contributed by atoms with van der Waals surface area (Å²) in [6.07, 6.45) is 6.50. The van der Waals surface area contributed by atoms with Crippen LogP contribution in [-0.4, -0.2) is 65.2 Å². The van der Waals surface area contributed by atoms with E-state index in [1.54, 1.807) is 7.11 Å². The largest absolute Gasteiger partial charge is 0.384 e. The molecule has 2 atom stereocenters. The molecule has 2 aliphatic rings. The van der Waals surface area contributed by atoms with Gasteiger partial charge in [-0.25, -0.2) is 4.98 Å². The molecule has 4 rings (SSSR count). The van der Waals surface area contributed by atoms with Gasteiger partial charge < -0.3 is 14.2 Å². The number of rotatable bonds is 8. The van der Waals surface area contributed by atoms with Crippen LogP contribution >= 0.6 is 0 Å². The standard InChI is InChI=1S/C23H32N4O2/c1-25-18-24-12-21(25)15-26-13-20-14-27(22(28)9-11-29-2)17-23(20,16-26)10-8-19-6-4-3-5-7-19/h3-7,12,18,20H,8-11,13-17H2,1-2H3. The topological polar surface area (TPSA) is 50.6 Å². The van der Waals surface area contributed by atoms with Crippen LogP contribution in [0.2, 0.25) is 0 Å². The van der Waals surface area contributed by atoms with Crippen LogP contribution in [0.25, 0.3) is 0 Å². The van der Waals surface area contributed by atoms with Gasteiger partial charge in [-0.3, -0.25) is 9.69 Å². The molecule has 3 heterocycles. The highest BCUT2D eigenvalue weighted by Gasteiger charge is 2.52. The number of aromatic nitrogens is 2. The summed E-state index contributed by atoms with van der Waals surface area (Å²) < 4.78 is 7.22. The Morgan fingerprint density at radius 3 is 2.79 bits per heavy atom. The molecule has 29 heavy (non-hydrogen) atoms. The van der Waals surface area contributed by atoms with Gasteiger partial charge in [-0.05, 0) is 24.3 Å². The zero-order valence-electron chi connectivity index (χ0n) is 17.6. The van der Waals surface area contributed by atoms with E-state index in [0.717, 1.165) is 45.6 Å². The summed E-state index contributed by atoms with van der Waals surface area (Å²) in [6, 6.07) is 10.7. The lowest BCUT2D eigenvalue weighted by Crippen LogP contribution is -2.37. The van der Waals surface area contributed by atoms with E-state index in [9.17, 15) is 4.79 Å². The van der Waals surface area contributed by atoms with Crippen LogP contribution in [-0.2, 0) is 29.5 Å². The van der Waals surface area contributed by atoms with Gasteiger partial charge in [-0.2, -0.15) is 0 Å². The molecule has 6 nitrogen and oxygen atoms in total. The van der Waals surface area contributed by atoms with Gasteiger partial charge in [0.25, 0.3) is 0 Å². The molecule has 1 amide bonds. The molecule has 2 aromatic rings. The van der Waals surface area contributed by atoms with Gasteiger partial charge in [-0.15, -0.1) is 0 Å². The predicted octanol–water partition coefficient (Wildman–Crippen LogP) is 2.35. The highest BCUT2D eigenvalue weighted by atomic mass is 16.5. The molecule has 2 unspecified atom stereocenters. The van der Waals surface area contributed by atoms with Gasteiger partial charge in [0.05, 0.1) is 25.0 Å². The van der Waals surface area contributed by atoms with E-state index in [4.69, 9.17) is 4.74 Å². The maximum absolute atomic E-state index is 12.7. The zero-order chi connectivity index (χ0) is 20.3. The fourth-order valence-corrected chi connectivity index (χ4v) is 5.11. The molecule has 2 saturated heterocycles. The maximum Gasteiger partial charge on any atom is 0.224 e. The van der Waals surface area contributed by atoms with E-state index < -0.39 is 0 Å². The number of amides is 1. The molecule has 0 N–H and O–H groups in total. The van der Waals surface area contributed by atoms with E-state index in [-0.39, 0.29) is 11.3 Å². The second-order valence-electron chi connectivity index (χ2n) is 8.73. The Bertz CT molecular complexity index is 821. The Hall–Kier alpha value is -2.18. The molecular formula is C23H32N4O2. The fraction of sp³-hybridized carbons (Fsp3) is 0.565. The van der Waals surface area contributed by atoms with E-state index in [0.29, 0.717) is 18.9 Å². The lowest BCUT2D eigenvalue weighted by Gasteiger charge is -2.30. The number of hydrogen-bond donors (Lipinski definition) is 0. The van der Waals surface area contributed by atoms with Crippen molar-refractivity contribution in [2.75, 3.05) is 39.9 Å². The number of hydrogen-bond acceptors (Lipinski definition) is 4. The number of aryl methyl sites for hydroxylation is 2. The van der Waals surface area contributed by atoms with Crippen LogP contribution in [0.15, 0.2) is 42.9 Å². The van der Waals surface area contributed by atoms with E-state index in [1.807, 2.05) is 12.5 Å². The van der Waals surface area contributed by atoms with Crippen LogP contribution in [0, 0.1) is 11.3 Å². The minimum atomic E-state index is 0.178. The summed E-state index contributed by atoms with van der Waals surface area (Å²) in [7, 11) is 3.71. The average molecular weight is 397 g/mol. The highest BCUT2D eigenvalue weighted by molar-refractivity contribution is 5.76. The first-order chi connectivity index (χ1) is 14.1. The van der Waals surface area contributed by atoms with Crippen molar-refractivity contribution in [2.24, 2.45) is 18.4 Å². The first kappa shape index (κ1) is 20.1. The number of carbonyl (C=O) groups excluding carboxylic acids is 1. The monoisotopic (exact) mass is 396 g/mol. The SMILES string of the molecule is COCCC(=O)N1CC2CN(Cc3cncn3C)CC2(CCc2ccccc2)C1. The summed E-state index contributed by atoms with van der Waals surface area (Å²) in [5, 5.41) is 0. The van der Waals surface area contributed by atoms with Crippen molar-refractivity contribution in [1.82, 2.24) is 19.4 Å². The number of imidazole rings is 1. The molecule has 6 heteroatoms. The molecule has 0 spiro atoms. The molecule has 2 aliphatic heterocycles. The van der Waals surface area contributed by atoms with Crippen LogP contribution in [0.5, 0.6) is 0 Å². The third-order valence-corrected chi connectivity index (χ3v) is 6.76. The molecule has 156 valence electrons. The van der Waals surface area contributed by atoms with Gasteiger partial charge in [0.15, 0.2) is 0 Å². The number of ether oxygens (including phenoxy) is 1. The third-order valence-electron chi connectivity index (χ3n) is 6.76. The molecule has 0 aliphatic carbocycles. The molecular weight excluding hydrogens is 364 g/mol. The van der Waals surface area contributed by atoms with Crippen LogP contribution in [0.4, 0.5) is 0 Å². The smallest absolute Gasteiger partial charge is 0.224 e. The van der Waals surface area contributed by atoms with Gasteiger partial charge in [0, 0.05) is 58.5 Å². The van der Waals surface area contributed by atoms with Gasteiger partial charge in [0.2, 0.25) is 5.91 Å². The lowest BCUT2D eigenvalue weighted by atomic mass is 9.76. The number of benzene rings is 1. The minimum Gasteiger partial charge on any atom is -0.384 e. The summed E-state index contributed by atoms with van der Waals surface area (Å²) in [4.78, 5) is 21.6. The van der Waals surface area contributed by atoms with E-state index in [2.05, 4.69) is 56.7 Å². The molecule has 0 saturated carbocycles. The van der Waals surface area contributed by atoms with Gasteiger partial charge >= 0.3 is 0 Å². The Morgan fingerprint density at radius 2 is 2.07 bits per heavy atom. The summed E-state index contributed by atoms with van der Waals surface area (Å²) >= 11 is 0. The number of carbonyl (C=O) groups is 1. The van der Waals surface area contributed by atoms with Crippen LogP contribution in [0.3, 0.4) is 0 Å². The molecule has 0 radical (unpaired) electrons. The summed E-state index contributed by atoms with van der Waals surface area (Å²) in [5.74, 6) is 0.768. The van der Waals surface area contributed by atoms with E-state index >= 15 is 0 Å². The Morgan fingerprint density at radius 1 is 1.24 bits per heavy atom. The number of methoxy groups -OCH3 is 1. The van der Waals surface area contributed by atoms with Crippen LogP contribution < -0.4 is 0 Å². The number of likely N-dealkylation sites (tertiary alicyclic amines) is 2. The van der Waals surface area contributed by atoms with Crippen LogP contribution in [0.1, 0.15) is 24.1 Å². The fourth-order valence-electron chi connectivity index (χ4n) is 5.11. The second-order valence-corrected chi connectivity index (χ2v) is 8.73. The average Bonchev–Trinajstić information content (AvgIpc) is 3.38. The van der Waals surface area contributed by atoms with Crippen molar-refractivity contribution < 1.29 is 9.53 Å². The minimum absolute atomic E-state index is 0.178. The quantitative estimate of drug-likeness (QED) is 0.687. The molecule has 1 aromatic heterocycles. The Labute approximate surface area is 173 Å². The maximum atomic E-state index is 12.7. The van der Waals surface area contributed by atoms with Crippen molar-refractivity contribution in [3.05, 3.63) is 54.1 Å². The molecule has 1 aromatic carbocycles. The molecule has 2 fully saturated rings. The highest BCUT2D eigenvalue weighted by Crippen LogP contribution is 2.46. The number of nitrogens with zero attached hydrogens (tertiary/aromatic N) is 4. The zero-order valence-corrected chi connectivity index (χ0v) is 17.6. The van der Waals surface area contributed by atoms with Crippen molar-refractivity contribution in [3.8, 4) is 0 Å². The van der Waals surface area contributed by atoms with E-state index in [1.165, 1.54) is 11.3 Å². The molecule has 0 bridgehead atoms. The first-order valence-corrected chi connectivity index (χ1v) is 10.6. The van der Waals surface area contributed by atoms with Gasteiger partial charge in [0.1, 0.15) is 0 Å². The third kappa shape index (κ3) is 4.38. The summed E-state index contributed by atoms with van der Waals surface area (Å²) in [6.45, 7) is 5.27. The predicted molar refractivity (Wildman–Crippen MR) is 112 cm³/mol. The van der Waals surface area contributed by atoms with Crippen molar-refractivity contribution in [1.29, 1.82) is 0 Å². The van der Waals surface area contributed by atoms with Gasteiger partial charge in [-0.1, -0.05) is 30.3 Å². The summed E-state index contributed by atoms with van der Waals surface area (Å²) in [5.41, 5.74) is 2.81. The van der Waals surface area contributed by atoms with Crippen molar-refractivity contribution in [2.45, 2.75) is 25.8 Å². The second kappa shape index (κ2) is 8.67. The Kier molecular flexibility index (Phi) is 6.01. The van der Waals surface area contributed by atoms with Crippen molar-refractivity contribution in [3.63, 3.8) is 0 Å². The first-order valence-electron chi connectivity index (χ1n) is 10.6. The Balaban J connectivity index is 1.47. The number of fused-ring (bicyclic) bond motifs is 1. The van der Waals surface area contributed by atoms with Crippen molar-refractivity contribution >= 4 is 5.91 Å². The normalized spacial score (nSPS) is 24.2.